The van der Waals surface area contributed by atoms with Crippen LogP contribution in [0.2, 0.25) is 0 Å². The van der Waals surface area contributed by atoms with Gasteiger partial charge in [-0.3, -0.25) is 4.79 Å². The Morgan fingerprint density at radius 1 is 1.33 bits per heavy atom. The van der Waals surface area contributed by atoms with Crippen molar-refractivity contribution in [3.8, 4) is 0 Å². The van der Waals surface area contributed by atoms with E-state index in [0.29, 0.717) is 13.1 Å². The summed E-state index contributed by atoms with van der Waals surface area (Å²) in [4.78, 5) is 10.7. The number of hydrogen-bond donors (Lipinski definition) is 3. The lowest BCUT2D eigenvalue weighted by molar-refractivity contribution is 0.259. The molecule has 0 saturated heterocycles. The minimum absolute atomic E-state index is 0.0301. The summed E-state index contributed by atoms with van der Waals surface area (Å²) in [5, 5.41) is 14.4. The van der Waals surface area contributed by atoms with Crippen LogP contribution >= 0.6 is 0 Å². The average Bonchev–Trinajstić information content (AvgIpc) is 2.25. The number of benzene rings is 1. The second kappa shape index (κ2) is 6.08. The van der Waals surface area contributed by atoms with E-state index in [1.807, 2.05) is 24.3 Å². The Balaban J connectivity index is 2.45. The number of aliphatic hydroxyl groups excluding tert-OH is 1. The van der Waals surface area contributed by atoms with Crippen LogP contribution in [0.5, 0.6) is 0 Å². The number of rotatable bonds is 5. The summed E-state index contributed by atoms with van der Waals surface area (Å²) in [6.45, 7) is 1.22. The molecule has 0 aliphatic rings. The van der Waals surface area contributed by atoms with Crippen molar-refractivity contribution >= 4 is 19.3 Å². The maximum absolute atomic E-state index is 10.7. The highest BCUT2D eigenvalue weighted by Crippen LogP contribution is 2.08. The fourth-order valence-electron chi connectivity index (χ4n) is 1.17. The van der Waals surface area contributed by atoms with Crippen LogP contribution in [0.3, 0.4) is 0 Å². The molecule has 0 unspecified atom stereocenters. The summed E-state index contributed by atoms with van der Waals surface area (Å²) in [6.07, 6.45) is 0. The number of nitrogens with one attached hydrogen (secondary N) is 2. The summed E-state index contributed by atoms with van der Waals surface area (Å²) in [5.41, 5.74) is 2.02. The van der Waals surface area contributed by atoms with Crippen molar-refractivity contribution in [2.45, 2.75) is 6.54 Å². The first kappa shape index (κ1) is 11.6. The van der Waals surface area contributed by atoms with Crippen LogP contribution in [-0.2, 0) is 6.54 Å². The highest BCUT2D eigenvalue weighted by atomic mass is 16.3. The van der Waals surface area contributed by atoms with E-state index in [2.05, 4.69) is 10.6 Å². The molecule has 1 amide bonds. The van der Waals surface area contributed by atoms with Gasteiger partial charge in [-0.25, -0.2) is 0 Å². The third-order valence-electron chi connectivity index (χ3n) is 1.94. The van der Waals surface area contributed by atoms with E-state index in [1.165, 1.54) is 7.85 Å². The molecule has 0 saturated carbocycles. The van der Waals surface area contributed by atoms with Crippen molar-refractivity contribution in [1.82, 2.24) is 5.32 Å². The number of amides is 1. The molecule has 0 atom stereocenters. The minimum atomic E-state index is -0.0301. The van der Waals surface area contributed by atoms with Gasteiger partial charge in [-0.15, -0.1) is 0 Å². The second-order valence-corrected chi connectivity index (χ2v) is 3.26. The number of carbonyl (C=O) groups excluding carboxylic acids is 1. The quantitative estimate of drug-likeness (QED) is 0.591. The first-order valence-electron chi connectivity index (χ1n) is 4.90. The Hall–Kier alpha value is -1.49. The lowest BCUT2D eigenvalue weighted by Crippen LogP contribution is -2.20. The lowest BCUT2D eigenvalue weighted by Gasteiger charge is -2.06. The summed E-state index contributed by atoms with van der Waals surface area (Å²) in [7, 11) is 1.50. The molecule has 0 aliphatic carbocycles. The molecule has 1 aromatic carbocycles. The van der Waals surface area contributed by atoms with E-state index < -0.39 is 0 Å². The zero-order valence-corrected chi connectivity index (χ0v) is 8.79. The summed E-state index contributed by atoms with van der Waals surface area (Å²) < 4.78 is 0. The van der Waals surface area contributed by atoms with Gasteiger partial charge in [0.25, 0.3) is 0 Å². The van der Waals surface area contributed by atoms with Gasteiger partial charge in [0.1, 0.15) is 0 Å². The zero-order valence-electron chi connectivity index (χ0n) is 8.79. The highest BCUT2D eigenvalue weighted by Gasteiger charge is 1.95. The maximum atomic E-state index is 10.7. The monoisotopic (exact) mass is 206 g/mol. The predicted octanol–water partition coefficient (Wildman–Crippen LogP) is -0.0665. The minimum Gasteiger partial charge on any atom is -0.395 e. The van der Waals surface area contributed by atoms with E-state index in [0.717, 1.165) is 11.3 Å². The molecule has 0 radical (unpaired) electrons. The molecule has 0 spiro atoms. The molecule has 0 aromatic heterocycles. The number of anilines is 1. The van der Waals surface area contributed by atoms with Gasteiger partial charge >= 0.3 is 0 Å². The van der Waals surface area contributed by atoms with Gasteiger partial charge in [0.05, 0.1) is 6.61 Å². The molecular weight excluding hydrogens is 191 g/mol. The Morgan fingerprint density at radius 3 is 2.53 bits per heavy atom. The molecule has 5 heteroatoms. The van der Waals surface area contributed by atoms with Crippen LogP contribution in [0.25, 0.3) is 0 Å². The van der Waals surface area contributed by atoms with Gasteiger partial charge in [-0.1, -0.05) is 12.1 Å². The summed E-state index contributed by atoms with van der Waals surface area (Å²) in [5.74, 6) is -0.0301. The van der Waals surface area contributed by atoms with Crippen molar-refractivity contribution in [1.29, 1.82) is 0 Å². The van der Waals surface area contributed by atoms with Crippen molar-refractivity contribution in [3.63, 3.8) is 0 Å². The Morgan fingerprint density at radius 2 is 2.00 bits per heavy atom. The van der Waals surface area contributed by atoms with E-state index in [-0.39, 0.29) is 12.4 Å². The van der Waals surface area contributed by atoms with Crippen molar-refractivity contribution in [3.05, 3.63) is 29.8 Å². The summed E-state index contributed by atoms with van der Waals surface area (Å²) >= 11 is 0. The van der Waals surface area contributed by atoms with Crippen LogP contribution in [-0.4, -0.2) is 31.9 Å². The molecule has 3 N–H and O–H groups in total. The Bertz CT molecular complexity index is 314. The standard InChI is InChI=1S/C10H15BN2O2/c11-10(15)13-7-8-1-3-9(4-2-8)12-5-6-14/h1-4,12,14H,5-7,11H2,(H,13,15). The molecule has 4 nitrogen and oxygen atoms in total. The molecule has 0 heterocycles. The first-order chi connectivity index (χ1) is 7.22. The van der Waals surface area contributed by atoms with Gasteiger partial charge in [0.15, 0.2) is 5.81 Å². The van der Waals surface area contributed by atoms with Gasteiger partial charge in [0.2, 0.25) is 7.85 Å². The van der Waals surface area contributed by atoms with Crippen LogP contribution in [0.1, 0.15) is 5.56 Å². The van der Waals surface area contributed by atoms with Gasteiger partial charge in [0, 0.05) is 18.8 Å². The predicted molar refractivity (Wildman–Crippen MR) is 62.8 cm³/mol. The third-order valence-corrected chi connectivity index (χ3v) is 1.94. The third kappa shape index (κ3) is 4.51. The number of hydrogen-bond acceptors (Lipinski definition) is 3. The van der Waals surface area contributed by atoms with Crippen molar-refractivity contribution in [2.75, 3.05) is 18.5 Å². The molecule has 0 aliphatic heterocycles. The van der Waals surface area contributed by atoms with Gasteiger partial charge in [-0.2, -0.15) is 0 Å². The van der Waals surface area contributed by atoms with E-state index in [1.54, 1.807) is 0 Å². The smallest absolute Gasteiger partial charge is 0.215 e. The van der Waals surface area contributed by atoms with E-state index in [4.69, 9.17) is 5.11 Å². The van der Waals surface area contributed by atoms with Crippen LogP contribution in [0.15, 0.2) is 24.3 Å². The van der Waals surface area contributed by atoms with Crippen molar-refractivity contribution in [2.24, 2.45) is 0 Å². The second-order valence-electron chi connectivity index (χ2n) is 3.26. The van der Waals surface area contributed by atoms with Crippen LogP contribution in [0.4, 0.5) is 10.5 Å². The first-order valence-corrected chi connectivity index (χ1v) is 4.90. The number of carbonyl (C=O) groups is 1. The fraction of sp³-hybridized carbons (Fsp3) is 0.300. The molecule has 80 valence electrons. The number of aliphatic hydroxyl groups is 1. The molecule has 1 rings (SSSR count). The summed E-state index contributed by atoms with van der Waals surface area (Å²) in [6, 6.07) is 7.73. The zero-order chi connectivity index (χ0) is 11.1. The van der Waals surface area contributed by atoms with Crippen LogP contribution < -0.4 is 10.6 Å². The molecule has 15 heavy (non-hydrogen) atoms. The molecule has 1 aromatic rings. The SMILES string of the molecule is BC(=O)NCc1ccc(NCCO)cc1. The molecule has 0 fully saturated rings. The highest BCUT2D eigenvalue weighted by molar-refractivity contribution is 6.57. The van der Waals surface area contributed by atoms with E-state index in [9.17, 15) is 4.79 Å². The molecular formula is C10H15BN2O2. The lowest BCUT2D eigenvalue weighted by atomic mass is 10.1. The largest absolute Gasteiger partial charge is 0.395 e. The van der Waals surface area contributed by atoms with Gasteiger partial charge in [-0.05, 0) is 17.7 Å². The van der Waals surface area contributed by atoms with E-state index >= 15 is 0 Å². The normalized spacial score (nSPS) is 9.67. The Labute approximate surface area is 90.1 Å². The Kier molecular flexibility index (Phi) is 4.70. The molecule has 0 bridgehead atoms. The fourth-order valence-corrected chi connectivity index (χ4v) is 1.17. The average molecular weight is 206 g/mol. The maximum Gasteiger partial charge on any atom is 0.215 e. The van der Waals surface area contributed by atoms with Crippen molar-refractivity contribution < 1.29 is 9.90 Å². The van der Waals surface area contributed by atoms with Gasteiger partial charge < -0.3 is 15.7 Å². The topological polar surface area (TPSA) is 61.4 Å². The van der Waals surface area contributed by atoms with Crippen LogP contribution in [0, 0.1) is 0 Å².